The lowest BCUT2D eigenvalue weighted by Crippen LogP contribution is -2.46. The molecule has 0 radical (unpaired) electrons. The van der Waals surface area contributed by atoms with Crippen molar-refractivity contribution < 1.29 is 23.2 Å². The molecule has 2 aromatic heterocycles. The molecule has 0 fully saturated rings. The molecule has 0 bridgehead atoms. The average Bonchev–Trinajstić information content (AvgIpc) is 3.17. The maximum atomic E-state index is 12.0. The number of carbonyl (C=O) groups is 2. The molecule has 1 unspecified atom stereocenters. The van der Waals surface area contributed by atoms with Gasteiger partial charge in [-0.05, 0) is 37.3 Å². The number of hydrogen-bond donors (Lipinski definition) is 2. The smallest absolute Gasteiger partial charge is 0.336 e. The highest BCUT2D eigenvalue weighted by Crippen LogP contribution is 2.19. The van der Waals surface area contributed by atoms with Gasteiger partial charge in [0.15, 0.2) is 6.61 Å². The molecule has 0 aliphatic rings. The van der Waals surface area contributed by atoms with Crippen molar-refractivity contribution in [3.05, 3.63) is 64.9 Å². The zero-order valence-electron chi connectivity index (χ0n) is 14.6. The zero-order chi connectivity index (χ0) is 19.2. The van der Waals surface area contributed by atoms with Gasteiger partial charge in [0.25, 0.3) is 5.91 Å². The topological polar surface area (TPSA) is 111 Å². The molecule has 0 saturated heterocycles. The van der Waals surface area contributed by atoms with Gasteiger partial charge in [-0.25, -0.2) is 4.79 Å². The van der Waals surface area contributed by atoms with E-state index in [4.69, 9.17) is 13.6 Å². The molecule has 0 saturated carbocycles. The average molecular weight is 370 g/mol. The van der Waals surface area contributed by atoms with Gasteiger partial charge in [-0.2, -0.15) is 0 Å². The lowest BCUT2D eigenvalue weighted by Gasteiger charge is -2.14. The third kappa shape index (κ3) is 4.97. The summed E-state index contributed by atoms with van der Waals surface area (Å²) in [6.45, 7) is 1.53. The number of nitrogens with one attached hydrogen (secondary N) is 2. The molecular formula is C19H18N2O6. The molecule has 2 heterocycles. The van der Waals surface area contributed by atoms with Crippen molar-refractivity contribution in [2.75, 3.05) is 6.61 Å². The minimum Gasteiger partial charge on any atom is -0.484 e. The summed E-state index contributed by atoms with van der Waals surface area (Å²) in [7, 11) is 0. The molecule has 27 heavy (non-hydrogen) atoms. The number of furan rings is 1. The van der Waals surface area contributed by atoms with E-state index in [1.165, 1.54) is 18.4 Å². The maximum Gasteiger partial charge on any atom is 0.336 e. The minimum absolute atomic E-state index is 0.241. The first kappa shape index (κ1) is 18.2. The summed E-state index contributed by atoms with van der Waals surface area (Å²) in [4.78, 5) is 35.2. The summed E-state index contributed by atoms with van der Waals surface area (Å²) < 4.78 is 15.6. The normalized spacial score (nSPS) is 11.7. The Bertz CT molecular complexity index is 993. The Kier molecular flexibility index (Phi) is 5.55. The molecule has 0 aliphatic heterocycles. The number of benzene rings is 1. The Morgan fingerprint density at radius 2 is 2.00 bits per heavy atom. The minimum atomic E-state index is -0.731. The fourth-order valence-corrected chi connectivity index (χ4v) is 2.37. The van der Waals surface area contributed by atoms with Crippen LogP contribution in [0, 0.1) is 0 Å². The van der Waals surface area contributed by atoms with Crippen LogP contribution in [0.2, 0.25) is 0 Å². The summed E-state index contributed by atoms with van der Waals surface area (Å²) in [5.74, 6) is 0.201. The molecular weight excluding hydrogens is 352 g/mol. The summed E-state index contributed by atoms with van der Waals surface area (Å²) >= 11 is 0. The van der Waals surface area contributed by atoms with E-state index in [-0.39, 0.29) is 19.1 Å². The van der Waals surface area contributed by atoms with E-state index in [1.54, 1.807) is 37.3 Å². The van der Waals surface area contributed by atoms with Crippen molar-refractivity contribution in [3.8, 4) is 5.75 Å². The van der Waals surface area contributed by atoms with E-state index in [9.17, 15) is 14.4 Å². The highest BCUT2D eigenvalue weighted by molar-refractivity contribution is 5.87. The number of hydrogen-bond acceptors (Lipinski definition) is 6. The van der Waals surface area contributed by atoms with Crippen molar-refractivity contribution in [3.63, 3.8) is 0 Å². The van der Waals surface area contributed by atoms with Gasteiger partial charge in [-0.1, -0.05) is 0 Å². The Morgan fingerprint density at radius 1 is 1.19 bits per heavy atom. The monoisotopic (exact) mass is 370 g/mol. The Labute approximate surface area is 154 Å². The third-order valence-corrected chi connectivity index (χ3v) is 3.75. The van der Waals surface area contributed by atoms with Gasteiger partial charge in [0.05, 0.1) is 12.8 Å². The Morgan fingerprint density at radius 3 is 2.78 bits per heavy atom. The number of fused-ring (bicyclic) bond motifs is 1. The van der Waals surface area contributed by atoms with Crippen LogP contribution in [0.15, 0.2) is 62.4 Å². The molecule has 1 aromatic carbocycles. The fraction of sp³-hybridized carbons (Fsp3) is 0.211. The zero-order valence-corrected chi connectivity index (χ0v) is 14.6. The van der Waals surface area contributed by atoms with Crippen LogP contribution >= 0.6 is 0 Å². The lowest BCUT2D eigenvalue weighted by molar-refractivity contribution is -0.129. The molecule has 3 rings (SSSR count). The number of amides is 2. The van der Waals surface area contributed by atoms with Gasteiger partial charge in [0.1, 0.15) is 23.1 Å². The van der Waals surface area contributed by atoms with Crippen LogP contribution in [0.3, 0.4) is 0 Å². The van der Waals surface area contributed by atoms with Crippen LogP contribution in [-0.4, -0.2) is 24.5 Å². The lowest BCUT2D eigenvalue weighted by atomic mass is 10.2. The van der Waals surface area contributed by atoms with Gasteiger partial charge >= 0.3 is 5.63 Å². The molecule has 8 nitrogen and oxygen atoms in total. The summed E-state index contributed by atoms with van der Waals surface area (Å²) in [6, 6.07) is 10.6. The van der Waals surface area contributed by atoms with Gasteiger partial charge in [0, 0.05) is 17.5 Å². The Balaban J connectivity index is 1.48. The molecule has 1 atom stereocenters. The van der Waals surface area contributed by atoms with E-state index in [1.807, 2.05) is 0 Å². The second-order valence-corrected chi connectivity index (χ2v) is 5.83. The first-order chi connectivity index (χ1) is 13.0. The largest absolute Gasteiger partial charge is 0.484 e. The maximum absolute atomic E-state index is 12.0. The highest BCUT2D eigenvalue weighted by atomic mass is 16.5. The van der Waals surface area contributed by atoms with E-state index in [2.05, 4.69) is 10.6 Å². The number of rotatable bonds is 7. The van der Waals surface area contributed by atoms with Crippen LogP contribution < -0.4 is 21.0 Å². The Hall–Kier alpha value is -3.55. The van der Waals surface area contributed by atoms with Crippen LogP contribution in [-0.2, 0) is 16.1 Å². The van der Waals surface area contributed by atoms with E-state index in [0.717, 1.165) is 5.39 Å². The van der Waals surface area contributed by atoms with Gasteiger partial charge in [-0.15, -0.1) is 0 Å². The van der Waals surface area contributed by atoms with Crippen LogP contribution in [0.25, 0.3) is 11.0 Å². The van der Waals surface area contributed by atoms with Crippen molar-refractivity contribution in [2.45, 2.75) is 19.5 Å². The van der Waals surface area contributed by atoms with E-state index < -0.39 is 17.6 Å². The molecule has 2 N–H and O–H groups in total. The van der Waals surface area contributed by atoms with Crippen molar-refractivity contribution in [1.82, 2.24) is 10.6 Å². The van der Waals surface area contributed by atoms with Gasteiger partial charge < -0.3 is 24.2 Å². The predicted octanol–water partition coefficient (Wildman–Crippen LogP) is 1.59. The third-order valence-electron chi connectivity index (χ3n) is 3.75. The molecule has 0 spiro atoms. The molecule has 140 valence electrons. The van der Waals surface area contributed by atoms with Gasteiger partial charge in [-0.3, -0.25) is 9.59 Å². The summed E-state index contributed by atoms with van der Waals surface area (Å²) in [5, 5.41) is 5.95. The molecule has 2 amide bonds. The summed E-state index contributed by atoms with van der Waals surface area (Å²) in [5.41, 5.74) is -0.0992. The predicted molar refractivity (Wildman–Crippen MR) is 96.1 cm³/mol. The quantitative estimate of drug-likeness (QED) is 0.611. The fourth-order valence-electron chi connectivity index (χ4n) is 2.37. The highest BCUT2D eigenvalue weighted by Gasteiger charge is 2.16. The van der Waals surface area contributed by atoms with Gasteiger partial charge in [0.2, 0.25) is 5.91 Å². The van der Waals surface area contributed by atoms with Crippen LogP contribution in [0.1, 0.15) is 12.7 Å². The van der Waals surface area contributed by atoms with Crippen LogP contribution in [0.5, 0.6) is 5.75 Å². The first-order valence-corrected chi connectivity index (χ1v) is 8.27. The first-order valence-electron chi connectivity index (χ1n) is 8.27. The molecule has 0 aliphatic carbocycles. The van der Waals surface area contributed by atoms with Crippen molar-refractivity contribution in [2.24, 2.45) is 0 Å². The van der Waals surface area contributed by atoms with E-state index >= 15 is 0 Å². The molecule has 8 heteroatoms. The second kappa shape index (κ2) is 8.22. The van der Waals surface area contributed by atoms with Crippen LogP contribution in [0.4, 0.5) is 0 Å². The van der Waals surface area contributed by atoms with Crippen molar-refractivity contribution in [1.29, 1.82) is 0 Å². The molecule has 3 aromatic rings. The number of carbonyl (C=O) groups excluding carboxylic acids is 2. The van der Waals surface area contributed by atoms with E-state index in [0.29, 0.717) is 17.1 Å². The number of ether oxygens (including phenoxy) is 1. The standard InChI is InChI=1S/C19H18N2O6/c1-12(19(24)20-10-15-3-2-8-25-15)21-17(22)11-26-14-6-4-13-5-7-18(23)27-16(13)9-14/h2-9,12H,10-11H2,1H3,(H,20,24)(H,21,22). The second-order valence-electron chi connectivity index (χ2n) is 5.83. The van der Waals surface area contributed by atoms with Crippen molar-refractivity contribution >= 4 is 22.8 Å². The SMILES string of the molecule is CC(NC(=O)COc1ccc2ccc(=O)oc2c1)C(=O)NCc1ccco1. The summed E-state index contributed by atoms with van der Waals surface area (Å²) in [6.07, 6.45) is 1.52.